The average molecular weight is 258 g/mol. The largest absolute Gasteiger partial charge is 0.484 e. The van der Waals surface area contributed by atoms with Gasteiger partial charge in [-0.05, 0) is 42.7 Å². The number of fused-ring (bicyclic) bond motifs is 1. The van der Waals surface area contributed by atoms with Crippen LogP contribution in [0.5, 0.6) is 5.75 Å². The summed E-state index contributed by atoms with van der Waals surface area (Å²) >= 11 is 0. The topological polar surface area (TPSA) is 34.1 Å². The number of aryl methyl sites for hydroxylation is 1. The van der Waals surface area contributed by atoms with E-state index in [2.05, 4.69) is 10.3 Å². The molecule has 0 saturated carbocycles. The van der Waals surface area contributed by atoms with Gasteiger partial charge >= 0.3 is 0 Å². The van der Waals surface area contributed by atoms with E-state index < -0.39 is 0 Å². The molecule has 1 aromatic heterocycles. The molecule has 1 N–H and O–H groups in total. The first-order valence-electron chi connectivity index (χ1n) is 6.34. The highest BCUT2D eigenvalue weighted by Crippen LogP contribution is 2.22. The summed E-state index contributed by atoms with van der Waals surface area (Å²) in [6.45, 7) is 3.05. The molecule has 2 heterocycles. The standard InChI is InChI=1S/C15H15FN2O/c1-10-2-5-14(13(16)8-10)19-9-12-4-3-11-6-7-17-15(11)18-12/h2-5,8H,6-7,9H2,1H3,(H,17,18). The highest BCUT2D eigenvalue weighted by molar-refractivity contribution is 5.49. The van der Waals surface area contributed by atoms with E-state index in [1.807, 2.05) is 25.1 Å². The maximum absolute atomic E-state index is 13.6. The van der Waals surface area contributed by atoms with Crippen LogP contribution >= 0.6 is 0 Å². The van der Waals surface area contributed by atoms with Crippen LogP contribution in [-0.4, -0.2) is 11.5 Å². The zero-order valence-corrected chi connectivity index (χ0v) is 10.7. The molecule has 0 aliphatic carbocycles. The van der Waals surface area contributed by atoms with Gasteiger partial charge in [0.1, 0.15) is 12.4 Å². The van der Waals surface area contributed by atoms with E-state index in [4.69, 9.17) is 4.74 Å². The second-order valence-electron chi connectivity index (χ2n) is 4.71. The fraction of sp³-hybridized carbons (Fsp3) is 0.267. The number of hydrogen-bond acceptors (Lipinski definition) is 3. The van der Waals surface area contributed by atoms with E-state index in [0.29, 0.717) is 0 Å². The Balaban J connectivity index is 1.72. The van der Waals surface area contributed by atoms with Gasteiger partial charge in [-0.1, -0.05) is 12.1 Å². The first-order valence-corrected chi connectivity index (χ1v) is 6.34. The molecule has 4 heteroatoms. The molecule has 0 radical (unpaired) electrons. The molecule has 0 saturated heterocycles. The van der Waals surface area contributed by atoms with Crippen molar-refractivity contribution in [3.05, 3.63) is 53.0 Å². The average Bonchev–Trinajstić information content (AvgIpc) is 2.85. The lowest BCUT2D eigenvalue weighted by Crippen LogP contribution is -2.02. The minimum Gasteiger partial charge on any atom is -0.484 e. The van der Waals surface area contributed by atoms with E-state index in [0.717, 1.165) is 30.0 Å². The normalized spacial score (nSPS) is 12.9. The Morgan fingerprint density at radius 1 is 1.32 bits per heavy atom. The van der Waals surface area contributed by atoms with E-state index in [1.165, 1.54) is 11.6 Å². The summed E-state index contributed by atoms with van der Waals surface area (Å²) in [6, 6.07) is 8.92. The third-order valence-electron chi connectivity index (χ3n) is 3.19. The molecular weight excluding hydrogens is 243 g/mol. The number of nitrogens with zero attached hydrogens (tertiary/aromatic N) is 1. The molecule has 1 aliphatic heterocycles. The molecule has 3 rings (SSSR count). The van der Waals surface area contributed by atoms with Gasteiger partial charge in [0.15, 0.2) is 11.6 Å². The number of ether oxygens (including phenoxy) is 1. The van der Waals surface area contributed by atoms with Crippen LogP contribution in [0.25, 0.3) is 0 Å². The van der Waals surface area contributed by atoms with Crippen molar-refractivity contribution in [1.82, 2.24) is 4.98 Å². The van der Waals surface area contributed by atoms with Crippen LogP contribution in [0.2, 0.25) is 0 Å². The minimum atomic E-state index is -0.334. The van der Waals surface area contributed by atoms with Crippen molar-refractivity contribution in [2.75, 3.05) is 11.9 Å². The first kappa shape index (κ1) is 12.0. The van der Waals surface area contributed by atoms with Gasteiger partial charge < -0.3 is 10.1 Å². The maximum Gasteiger partial charge on any atom is 0.165 e. The number of rotatable bonds is 3. The molecule has 3 nitrogen and oxygen atoms in total. The zero-order valence-electron chi connectivity index (χ0n) is 10.7. The molecule has 2 aromatic rings. The quantitative estimate of drug-likeness (QED) is 0.918. The fourth-order valence-corrected chi connectivity index (χ4v) is 2.15. The van der Waals surface area contributed by atoms with Crippen molar-refractivity contribution < 1.29 is 9.13 Å². The Morgan fingerprint density at radius 2 is 2.21 bits per heavy atom. The third-order valence-corrected chi connectivity index (χ3v) is 3.19. The Labute approximate surface area is 111 Å². The van der Waals surface area contributed by atoms with Crippen molar-refractivity contribution in [2.45, 2.75) is 20.0 Å². The molecule has 0 unspecified atom stereocenters. The molecule has 0 bridgehead atoms. The second kappa shape index (κ2) is 4.88. The predicted octanol–water partition coefficient (Wildman–Crippen LogP) is 3.08. The van der Waals surface area contributed by atoms with Gasteiger partial charge in [-0.2, -0.15) is 0 Å². The Hall–Kier alpha value is -2.10. The minimum absolute atomic E-state index is 0.265. The van der Waals surface area contributed by atoms with Crippen LogP contribution in [0.3, 0.4) is 0 Å². The van der Waals surface area contributed by atoms with Crippen LogP contribution in [0.4, 0.5) is 10.2 Å². The van der Waals surface area contributed by atoms with E-state index in [-0.39, 0.29) is 18.2 Å². The summed E-state index contributed by atoms with van der Waals surface area (Å²) < 4.78 is 19.1. The zero-order chi connectivity index (χ0) is 13.2. The number of halogens is 1. The molecular formula is C15H15FN2O. The van der Waals surface area contributed by atoms with E-state index in [9.17, 15) is 4.39 Å². The Kier molecular flexibility index (Phi) is 3.07. The fourth-order valence-electron chi connectivity index (χ4n) is 2.15. The molecule has 0 amide bonds. The van der Waals surface area contributed by atoms with Crippen molar-refractivity contribution in [1.29, 1.82) is 0 Å². The van der Waals surface area contributed by atoms with Crippen LogP contribution < -0.4 is 10.1 Å². The molecule has 1 aliphatic rings. The van der Waals surface area contributed by atoms with E-state index in [1.54, 1.807) is 6.07 Å². The summed E-state index contributed by atoms with van der Waals surface area (Å²) in [6.07, 6.45) is 1.01. The smallest absolute Gasteiger partial charge is 0.165 e. The van der Waals surface area contributed by atoms with Gasteiger partial charge in [-0.15, -0.1) is 0 Å². The van der Waals surface area contributed by atoms with Gasteiger partial charge in [-0.25, -0.2) is 9.37 Å². The van der Waals surface area contributed by atoms with Crippen LogP contribution in [0.1, 0.15) is 16.8 Å². The molecule has 0 fully saturated rings. The van der Waals surface area contributed by atoms with E-state index >= 15 is 0 Å². The molecule has 1 aromatic carbocycles. The molecule has 0 atom stereocenters. The van der Waals surface area contributed by atoms with Crippen molar-refractivity contribution in [2.24, 2.45) is 0 Å². The first-order chi connectivity index (χ1) is 9.22. The highest BCUT2D eigenvalue weighted by atomic mass is 19.1. The highest BCUT2D eigenvalue weighted by Gasteiger charge is 2.12. The summed E-state index contributed by atoms with van der Waals surface area (Å²) in [5.41, 5.74) is 2.91. The molecule has 0 spiro atoms. The van der Waals surface area contributed by atoms with Crippen molar-refractivity contribution in [3.8, 4) is 5.75 Å². The number of anilines is 1. The monoisotopic (exact) mass is 258 g/mol. The summed E-state index contributed by atoms with van der Waals surface area (Å²) in [5.74, 6) is 0.852. The van der Waals surface area contributed by atoms with Crippen molar-refractivity contribution in [3.63, 3.8) is 0 Å². The van der Waals surface area contributed by atoms with Crippen molar-refractivity contribution >= 4 is 5.82 Å². The number of pyridine rings is 1. The van der Waals surface area contributed by atoms with Crippen LogP contribution in [0.15, 0.2) is 30.3 Å². The van der Waals surface area contributed by atoms with Crippen LogP contribution in [0, 0.1) is 12.7 Å². The van der Waals surface area contributed by atoms with Gasteiger partial charge in [-0.3, -0.25) is 0 Å². The van der Waals surface area contributed by atoms with Gasteiger partial charge in [0.25, 0.3) is 0 Å². The number of aromatic nitrogens is 1. The molecule has 98 valence electrons. The van der Waals surface area contributed by atoms with Gasteiger partial charge in [0, 0.05) is 6.54 Å². The van der Waals surface area contributed by atoms with Gasteiger partial charge in [0.05, 0.1) is 5.69 Å². The predicted molar refractivity (Wildman–Crippen MR) is 71.9 cm³/mol. The van der Waals surface area contributed by atoms with Gasteiger partial charge in [0.2, 0.25) is 0 Å². The Morgan fingerprint density at radius 3 is 3.05 bits per heavy atom. The summed E-state index contributed by atoms with van der Waals surface area (Å²) in [5, 5.41) is 3.22. The van der Waals surface area contributed by atoms with Crippen LogP contribution in [-0.2, 0) is 13.0 Å². The number of hydrogen-bond donors (Lipinski definition) is 1. The third kappa shape index (κ3) is 2.52. The number of nitrogens with one attached hydrogen (secondary N) is 1. The maximum atomic E-state index is 13.6. The summed E-state index contributed by atoms with van der Waals surface area (Å²) in [7, 11) is 0. The second-order valence-corrected chi connectivity index (χ2v) is 4.71. The SMILES string of the molecule is Cc1ccc(OCc2ccc3c(n2)NCC3)c(F)c1. The lowest BCUT2D eigenvalue weighted by molar-refractivity contribution is 0.286. The molecule has 19 heavy (non-hydrogen) atoms. The summed E-state index contributed by atoms with van der Waals surface area (Å²) in [4.78, 5) is 4.46. The lowest BCUT2D eigenvalue weighted by Gasteiger charge is -2.08. The lowest BCUT2D eigenvalue weighted by atomic mass is 10.2. The number of benzene rings is 1. The Bertz CT molecular complexity index is 613.